The molecule has 0 aromatic rings. The molecule has 0 aromatic heterocycles. The highest BCUT2D eigenvalue weighted by atomic mass is 16.5. The Morgan fingerprint density at radius 3 is 2.90 bits per heavy atom. The van der Waals surface area contributed by atoms with Crippen LogP contribution in [0, 0.1) is 11.8 Å². The molecular weight excluding hydrogens is 128 g/mol. The normalized spacial score (nSPS) is 31.4. The molecule has 0 bridgehead atoms. The lowest BCUT2D eigenvalue weighted by molar-refractivity contribution is 0.00636. The molecule has 0 radical (unpaired) electrons. The summed E-state index contributed by atoms with van der Waals surface area (Å²) in [6.45, 7) is 2.52. The number of hydrogen-bond donors (Lipinski definition) is 1. The minimum atomic E-state index is -0.519. The first-order valence-electron chi connectivity index (χ1n) is 3.52. The van der Waals surface area contributed by atoms with Gasteiger partial charge in [0.05, 0.1) is 6.61 Å². The van der Waals surface area contributed by atoms with Crippen molar-refractivity contribution in [2.75, 3.05) is 13.2 Å². The smallest absolute Gasteiger partial charge is 0.151 e. The van der Waals surface area contributed by atoms with Crippen molar-refractivity contribution in [3.63, 3.8) is 0 Å². The fourth-order valence-corrected chi connectivity index (χ4v) is 1.19. The third-order valence-corrected chi connectivity index (χ3v) is 1.71. The lowest BCUT2D eigenvalue weighted by atomic mass is 10.0. The Kier molecular flexibility index (Phi) is 2.31. The lowest BCUT2D eigenvalue weighted by Gasteiger charge is -2.17. The highest BCUT2D eigenvalue weighted by molar-refractivity contribution is 5.14. The predicted octanol–water partition coefficient (Wildman–Crippen LogP) is 0.551. The molecule has 0 spiro atoms. The molecule has 1 aliphatic heterocycles. The Morgan fingerprint density at radius 1 is 1.70 bits per heavy atom. The number of hydrogen-bond acceptors (Lipinski definition) is 2. The van der Waals surface area contributed by atoms with Gasteiger partial charge in [0.15, 0.2) is 5.60 Å². The highest BCUT2D eigenvalue weighted by Gasteiger charge is 2.31. The summed E-state index contributed by atoms with van der Waals surface area (Å²) >= 11 is 0. The molecule has 2 nitrogen and oxygen atoms in total. The molecular formula is C8H12O2. The standard InChI is InChI=1S/C8H12O2/c1-2-4-8(7-9)5-3-6-10-8/h9H,3,5-7H2,1H3. The molecule has 1 fully saturated rings. The van der Waals surface area contributed by atoms with E-state index in [-0.39, 0.29) is 6.61 Å². The van der Waals surface area contributed by atoms with Crippen LogP contribution in [-0.2, 0) is 4.74 Å². The van der Waals surface area contributed by atoms with Crippen molar-refractivity contribution in [1.82, 2.24) is 0 Å². The van der Waals surface area contributed by atoms with Crippen LogP contribution in [0.5, 0.6) is 0 Å². The third kappa shape index (κ3) is 1.31. The van der Waals surface area contributed by atoms with Crippen molar-refractivity contribution >= 4 is 0 Å². The topological polar surface area (TPSA) is 29.5 Å². The Labute approximate surface area is 61.2 Å². The van der Waals surface area contributed by atoms with E-state index in [0.29, 0.717) is 0 Å². The van der Waals surface area contributed by atoms with E-state index < -0.39 is 5.60 Å². The van der Waals surface area contributed by atoms with Crippen LogP contribution < -0.4 is 0 Å². The van der Waals surface area contributed by atoms with E-state index in [2.05, 4.69) is 11.8 Å². The zero-order valence-corrected chi connectivity index (χ0v) is 6.18. The van der Waals surface area contributed by atoms with Crippen LogP contribution >= 0.6 is 0 Å². The van der Waals surface area contributed by atoms with Crippen molar-refractivity contribution in [2.24, 2.45) is 0 Å². The van der Waals surface area contributed by atoms with E-state index in [1.807, 2.05) is 0 Å². The van der Waals surface area contributed by atoms with Crippen LogP contribution in [0.2, 0.25) is 0 Å². The third-order valence-electron chi connectivity index (χ3n) is 1.71. The maximum atomic E-state index is 8.92. The fourth-order valence-electron chi connectivity index (χ4n) is 1.19. The molecule has 1 saturated heterocycles. The lowest BCUT2D eigenvalue weighted by Crippen LogP contribution is -2.30. The van der Waals surface area contributed by atoms with Crippen LogP contribution in [0.4, 0.5) is 0 Å². The van der Waals surface area contributed by atoms with E-state index >= 15 is 0 Å². The summed E-state index contributed by atoms with van der Waals surface area (Å²) in [5.74, 6) is 5.65. The second-order valence-electron chi connectivity index (χ2n) is 2.48. The monoisotopic (exact) mass is 140 g/mol. The van der Waals surface area contributed by atoms with E-state index in [1.165, 1.54) is 0 Å². The zero-order chi connectivity index (χ0) is 7.45. The molecule has 56 valence electrons. The predicted molar refractivity (Wildman–Crippen MR) is 38.5 cm³/mol. The molecule has 1 aliphatic rings. The minimum Gasteiger partial charge on any atom is -0.392 e. The number of rotatable bonds is 1. The molecule has 1 unspecified atom stereocenters. The van der Waals surface area contributed by atoms with E-state index in [1.54, 1.807) is 6.92 Å². The van der Waals surface area contributed by atoms with E-state index in [9.17, 15) is 0 Å². The van der Waals surface area contributed by atoms with Gasteiger partial charge in [-0.1, -0.05) is 5.92 Å². The van der Waals surface area contributed by atoms with E-state index in [0.717, 1.165) is 19.4 Å². The van der Waals surface area contributed by atoms with Crippen LogP contribution in [0.15, 0.2) is 0 Å². The van der Waals surface area contributed by atoms with Gasteiger partial charge in [-0.3, -0.25) is 0 Å². The molecule has 1 N–H and O–H groups in total. The molecule has 1 heterocycles. The number of aliphatic hydroxyl groups excluding tert-OH is 1. The summed E-state index contributed by atoms with van der Waals surface area (Å²) in [4.78, 5) is 0. The van der Waals surface area contributed by atoms with Crippen molar-refractivity contribution in [2.45, 2.75) is 25.4 Å². The van der Waals surface area contributed by atoms with Gasteiger partial charge < -0.3 is 9.84 Å². The van der Waals surface area contributed by atoms with Gasteiger partial charge in [-0.15, -0.1) is 5.92 Å². The first-order valence-corrected chi connectivity index (χ1v) is 3.52. The van der Waals surface area contributed by atoms with Crippen LogP contribution in [-0.4, -0.2) is 23.9 Å². The van der Waals surface area contributed by atoms with E-state index in [4.69, 9.17) is 9.84 Å². The zero-order valence-electron chi connectivity index (χ0n) is 6.18. The Morgan fingerprint density at radius 2 is 2.50 bits per heavy atom. The summed E-state index contributed by atoms with van der Waals surface area (Å²) in [5.41, 5.74) is -0.519. The first kappa shape index (κ1) is 7.59. The second kappa shape index (κ2) is 3.05. The van der Waals surface area contributed by atoms with Crippen molar-refractivity contribution < 1.29 is 9.84 Å². The average molecular weight is 140 g/mol. The van der Waals surface area contributed by atoms with Gasteiger partial charge in [-0.25, -0.2) is 0 Å². The molecule has 0 aliphatic carbocycles. The summed E-state index contributed by atoms with van der Waals surface area (Å²) in [5, 5.41) is 8.92. The second-order valence-corrected chi connectivity index (χ2v) is 2.48. The minimum absolute atomic E-state index is 0.0217. The molecule has 2 heteroatoms. The highest BCUT2D eigenvalue weighted by Crippen LogP contribution is 2.23. The summed E-state index contributed by atoms with van der Waals surface area (Å²) in [6.07, 6.45) is 1.87. The Balaban J connectivity index is 2.64. The molecule has 0 saturated carbocycles. The SMILES string of the molecule is CC#CC1(CO)CCCO1. The average Bonchev–Trinajstić information content (AvgIpc) is 2.39. The van der Waals surface area contributed by atoms with Gasteiger partial charge in [0, 0.05) is 6.61 Å². The molecule has 1 atom stereocenters. The van der Waals surface area contributed by atoms with Gasteiger partial charge >= 0.3 is 0 Å². The van der Waals surface area contributed by atoms with Gasteiger partial charge in [-0.05, 0) is 19.8 Å². The summed E-state index contributed by atoms with van der Waals surface area (Å²) in [7, 11) is 0. The van der Waals surface area contributed by atoms with Gasteiger partial charge in [0.25, 0.3) is 0 Å². The largest absolute Gasteiger partial charge is 0.392 e. The van der Waals surface area contributed by atoms with Crippen molar-refractivity contribution in [1.29, 1.82) is 0 Å². The molecule has 0 aromatic carbocycles. The first-order chi connectivity index (χ1) is 4.83. The van der Waals surface area contributed by atoms with Gasteiger partial charge in [0.1, 0.15) is 0 Å². The molecule has 0 amide bonds. The van der Waals surface area contributed by atoms with Gasteiger partial charge in [0.2, 0.25) is 0 Å². The summed E-state index contributed by atoms with van der Waals surface area (Å²) in [6, 6.07) is 0. The Bertz CT molecular complexity index is 158. The molecule has 1 rings (SSSR count). The maximum Gasteiger partial charge on any atom is 0.151 e. The van der Waals surface area contributed by atoms with Crippen LogP contribution in [0.3, 0.4) is 0 Å². The van der Waals surface area contributed by atoms with Crippen LogP contribution in [0.1, 0.15) is 19.8 Å². The molecule has 10 heavy (non-hydrogen) atoms. The number of aliphatic hydroxyl groups is 1. The van der Waals surface area contributed by atoms with Gasteiger partial charge in [-0.2, -0.15) is 0 Å². The fraction of sp³-hybridized carbons (Fsp3) is 0.750. The van der Waals surface area contributed by atoms with Crippen molar-refractivity contribution in [3.05, 3.63) is 0 Å². The Hall–Kier alpha value is -0.520. The van der Waals surface area contributed by atoms with Crippen molar-refractivity contribution in [3.8, 4) is 11.8 Å². The maximum absolute atomic E-state index is 8.92. The quantitative estimate of drug-likeness (QED) is 0.539. The van der Waals surface area contributed by atoms with Crippen LogP contribution in [0.25, 0.3) is 0 Å². The number of ether oxygens (including phenoxy) is 1. The summed E-state index contributed by atoms with van der Waals surface area (Å²) < 4.78 is 5.31.